The number of benzene rings is 3. The van der Waals surface area contributed by atoms with Gasteiger partial charge in [-0.3, -0.25) is 29.0 Å². The fraction of sp³-hybridized carbons (Fsp3) is 0.473. The van der Waals surface area contributed by atoms with Crippen molar-refractivity contribution < 1.29 is 57.6 Å². The number of anilines is 2. The molecule has 4 aliphatic rings. The van der Waals surface area contributed by atoms with Crippen molar-refractivity contribution in [3.8, 4) is 23.0 Å². The number of carbonyl (C=O) groups excluding carboxylic acids is 6. The molecule has 0 fully saturated rings. The average molecular weight is 1020 g/mol. The van der Waals surface area contributed by atoms with E-state index in [0.29, 0.717) is 72.7 Å². The summed E-state index contributed by atoms with van der Waals surface area (Å²) in [5, 5.41) is 20.2. The standard InChI is InChI=1S/C55H69N7O12/c1-10-32(4)22-48(63)59-49(31(2)3)51(65)57-35(7)50(64)58-37-16-14-36(15-17-37)30-74-55(69)62-42-26-47(45(71-9)24-40(42)53(67)61-29-34(6)21-43(61)54(62)68)73-19-13-11-12-18-72-46-25-41-39(23-44(46)70-8)52(66)60-28-33(5)20-38(60)27-56-41/h14-17,23-29,31-32,35,38,43,49,54,68H,10-13,18-22,30H2,1-9H3,(H,57,65)(H,58,64)(H,59,63)/t32?,35?,38?,43?,49?,54-/m0/s1. The van der Waals surface area contributed by atoms with Gasteiger partial charge in [0.25, 0.3) is 11.8 Å². The molecule has 5 unspecified atom stereocenters. The van der Waals surface area contributed by atoms with E-state index in [-0.39, 0.29) is 65.7 Å². The Bertz CT molecular complexity index is 2700. The van der Waals surface area contributed by atoms with Crippen molar-refractivity contribution in [3.05, 3.63) is 88.8 Å². The van der Waals surface area contributed by atoms with Crippen LogP contribution < -0.4 is 39.8 Å². The number of aliphatic hydroxyl groups is 1. The summed E-state index contributed by atoms with van der Waals surface area (Å²) >= 11 is 0. The Kier molecular flexibility index (Phi) is 17.7. The molecule has 74 heavy (non-hydrogen) atoms. The quantitative estimate of drug-likeness (QED) is 0.0751. The van der Waals surface area contributed by atoms with Gasteiger partial charge in [0.1, 0.15) is 18.7 Å². The van der Waals surface area contributed by atoms with E-state index in [1.807, 2.05) is 47.7 Å². The molecule has 0 bridgehead atoms. The van der Waals surface area contributed by atoms with E-state index in [4.69, 9.17) is 23.7 Å². The molecule has 396 valence electrons. The molecule has 0 radical (unpaired) electrons. The number of rotatable bonds is 21. The van der Waals surface area contributed by atoms with Crippen LogP contribution in [0.25, 0.3) is 0 Å². The Morgan fingerprint density at radius 3 is 2.04 bits per heavy atom. The Hall–Kier alpha value is -7.41. The smallest absolute Gasteiger partial charge is 0.416 e. The number of unbranched alkanes of at least 4 members (excludes halogenated alkanes) is 2. The van der Waals surface area contributed by atoms with Crippen LogP contribution in [-0.2, 0) is 25.7 Å². The normalized spacial score (nSPS) is 18.9. The van der Waals surface area contributed by atoms with Gasteiger partial charge in [-0.2, -0.15) is 0 Å². The van der Waals surface area contributed by atoms with E-state index in [9.17, 15) is 33.9 Å². The lowest BCUT2D eigenvalue weighted by atomic mass is 10.0. The Morgan fingerprint density at radius 2 is 1.39 bits per heavy atom. The van der Waals surface area contributed by atoms with Crippen LogP contribution in [0.1, 0.15) is 120 Å². The molecule has 4 N–H and O–H groups in total. The molecule has 6 amide bonds. The van der Waals surface area contributed by atoms with Crippen LogP contribution in [0.2, 0.25) is 0 Å². The first-order valence-corrected chi connectivity index (χ1v) is 25.3. The Morgan fingerprint density at radius 1 is 0.770 bits per heavy atom. The van der Waals surface area contributed by atoms with Crippen molar-refractivity contribution >= 4 is 58.9 Å². The van der Waals surface area contributed by atoms with Crippen LogP contribution in [0.3, 0.4) is 0 Å². The fourth-order valence-electron chi connectivity index (χ4n) is 9.17. The third kappa shape index (κ3) is 12.5. The maximum atomic E-state index is 14.1. The lowest BCUT2D eigenvalue weighted by Gasteiger charge is -2.31. The van der Waals surface area contributed by atoms with Gasteiger partial charge in [0, 0.05) is 42.9 Å². The molecule has 19 nitrogen and oxygen atoms in total. The van der Waals surface area contributed by atoms with Crippen LogP contribution >= 0.6 is 0 Å². The highest BCUT2D eigenvalue weighted by Crippen LogP contribution is 2.43. The number of methoxy groups -OCH3 is 2. The highest BCUT2D eigenvalue weighted by Gasteiger charge is 2.45. The molecular formula is C55H69N7O12. The SMILES string of the molecule is CCC(C)CC(=O)NC(C(=O)NC(C)C(=O)Nc1ccc(COC(=O)N2c3cc(OCCCCCOc4cc5c(cc4OC)C(=O)N4C=C(C)CC4C=N5)c(OC)cc3C(=O)N3C=C(C)CC3[C@@H]2O)cc1)C(C)C. The molecule has 7 rings (SSSR count). The number of aliphatic imine (C=N–C) groups is 1. The summed E-state index contributed by atoms with van der Waals surface area (Å²) < 4.78 is 29.4. The minimum Gasteiger partial charge on any atom is -0.493 e. The second kappa shape index (κ2) is 24.1. The van der Waals surface area contributed by atoms with Gasteiger partial charge >= 0.3 is 6.09 Å². The molecule has 4 aliphatic heterocycles. The fourth-order valence-corrected chi connectivity index (χ4v) is 9.17. The van der Waals surface area contributed by atoms with Crippen LogP contribution in [0.5, 0.6) is 23.0 Å². The number of aliphatic hydroxyl groups excluding tert-OH is 1. The van der Waals surface area contributed by atoms with Crippen LogP contribution in [-0.4, -0.2) is 115 Å². The number of nitrogens with one attached hydrogen (secondary N) is 3. The first-order valence-electron chi connectivity index (χ1n) is 25.3. The molecule has 0 aliphatic carbocycles. The number of ether oxygens (including phenoxy) is 5. The Labute approximate surface area is 432 Å². The molecular weight excluding hydrogens is 951 g/mol. The summed E-state index contributed by atoms with van der Waals surface area (Å²) in [7, 11) is 2.98. The summed E-state index contributed by atoms with van der Waals surface area (Å²) in [6.07, 6.45) is 7.09. The monoisotopic (exact) mass is 1020 g/mol. The molecule has 0 saturated heterocycles. The molecule has 3 aromatic carbocycles. The third-order valence-electron chi connectivity index (χ3n) is 13.6. The first-order chi connectivity index (χ1) is 35.4. The van der Waals surface area contributed by atoms with Crippen molar-refractivity contribution in [1.82, 2.24) is 20.4 Å². The number of amides is 6. The predicted molar refractivity (Wildman–Crippen MR) is 278 cm³/mol. The topological polar surface area (TPSA) is 227 Å². The highest BCUT2D eigenvalue weighted by molar-refractivity contribution is 6.07. The number of hydrogen-bond donors (Lipinski definition) is 4. The highest BCUT2D eigenvalue weighted by atomic mass is 16.6. The molecule has 0 spiro atoms. The summed E-state index contributed by atoms with van der Waals surface area (Å²) in [6, 6.07) is 10.3. The van der Waals surface area contributed by atoms with E-state index in [1.165, 1.54) is 31.3 Å². The number of carbonyl (C=O) groups is 6. The molecule has 6 atom stereocenters. The van der Waals surface area contributed by atoms with Gasteiger partial charge in [0.2, 0.25) is 17.7 Å². The lowest BCUT2D eigenvalue weighted by molar-refractivity contribution is -0.132. The minimum absolute atomic E-state index is 0.0809. The first kappa shape index (κ1) is 54.4. The largest absolute Gasteiger partial charge is 0.493 e. The van der Waals surface area contributed by atoms with Gasteiger partial charge < -0.3 is 54.5 Å². The van der Waals surface area contributed by atoms with Crippen molar-refractivity contribution in [3.63, 3.8) is 0 Å². The van der Waals surface area contributed by atoms with Gasteiger partial charge in [0.15, 0.2) is 29.2 Å². The Balaban J connectivity index is 0.954. The van der Waals surface area contributed by atoms with E-state index in [2.05, 4.69) is 20.9 Å². The molecule has 0 saturated carbocycles. The van der Waals surface area contributed by atoms with E-state index >= 15 is 0 Å². The van der Waals surface area contributed by atoms with Crippen molar-refractivity contribution in [2.75, 3.05) is 37.7 Å². The average Bonchev–Trinajstić information content (AvgIpc) is 3.92. The predicted octanol–water partition coefficient (Wildman–Crippen LogP) is 7.78. The summed E-state index contributed by atoms with van der Waals surface area (Å²) in [5.41, 5.74) is 4.08. The van der Waals surface area contributed by atoms with Crippen LogP contribution in [0.15, 0.2) is 77.1 Å². The minimum atomic E-state index is -1.50. The molecule has 19 heteroatoms. The van der Waals surface area contributed by atoms with Gasteiger partial charge in [0.05, 0.1) is 62.0 Å². The van der Waals surface area contributed by atoms with Crippen LogP contribution in [0.4, 0.5) is 21.9 Å². The maximum absolute atomic E-state index is 14.1. The number of fused-ring (bicyclic) bond motifs is 4. The maximum Gasteiger partial charge on any atom is 0.416 e. The zero-order valence-electron chi connectivity index (χ0n) is 43.7. The second-order valence-corrected chi connectivity index (χ2v) is 19.8. The second-order valence-electron chi connectivity index (χ2n) is 19.8. The van der Waals surface area contributed by atoms with Gasteiger partial charge in [-0.1, -0.05) is 57.4 Å². The summed E-state index contributed by atoms with van der Waals surface area (Å²) in [4.78, 5) is 89.3. The molecule has 3 aromatic rings. The van der Waals surface area contributed by atoms with Crippen molar-refractivity contribution in [2.24, 2.45) is 16.8 Å². The molecule has 4 heterocycles. The van der Waals surface area contributed by atoms with Gasteiger partial charge in [-0.05, 0) is 94.5 Å². The van der Waals surface area contributed by atoms with Gasteiger partial charge in [-0.15, -0.1) is 0 Å². The van der Waals surface area contributed by atoms with Gasteiger partial charge in [-0.25, -0.2) is 9.69 Å². The third-order valence-corrected chi connectivity index (χ3v) is 13.6. The summed E-state index contributed by atoms with van der Waals surface area (Å²) in [5.74, 6) is -0.358. The van der Waals surface area contributed by atoms with E-state index in [0.717, 1.165) is 28.9 Å². The van der Waals surface area contributed by atoms with Crippen molar-refractivity contribution in [1.29, 1.82) is 0 Å². The molecule has 0 aromatic heterocycles. The zero-order valence-corrected chi connectivity index (χ0v) is 43.7. The lowest BCUT2D eigenvalue weighted by Crippen LogP contribution is -2.53. The van der Waals surface area contributed by atoms with E-state index in [1.54, 1.807) is 60.6 Å². The van der Waals surface area contributed by atoms with Crippen molar-refractivity contribution in [2.45, 2.75) is 130 Å². The van der Waals surface area contributed by atoms with Crippen LogP contribution in [0, 0.1) is 11.8 Å². The van der Waals surface area contributed by atoms with E-state index < -0.39 is 48.2 Å². The number of hydrogen-bond acceptors (Lipinski definition) is 13. The number of nitrogens with zero attached hydrogens (tertiary/aromatic N) is 4. The zero-order chi connectivity index (χ0) is 53.4. The summed E-state index contributed by atoms with van der Waals surface area (Å²) in [6.45, 7) is 13.4.